The zero-order valence-electron chi connectivity index (χ0n) is 13.7. The van der Waals surface area contributed by atoms with Crippen LogP contribution < -0.4 is 15.8 Å². The Kier molecular flexibility index (Phi) is 6.34. The van der Waals surface area contributed by atoms with Gasteiger partial charge in [-0.05, 0) is 37.7 Å². The molecule has 0 saturated heterocycles. The minimum Gasteiger partial charge on any atom is -0.483 e. The Morgan fingerprint density at radius 1 is 1.25 bits per heavy atom. The van der Waals surface area contributed by atoms with Gasteiger partial charge in [-0.15, -0.1) is 11.3 Å². The molecule has 1 aromatic heterocycles. The largest absolute Gasteiger partial charge is 0.483 e. The van der Waals surface area contributed by atoms with Gasteiger partial charge in [0.1, 0.15) is 5.75 Å². The molecule has 1 aromatic carbocycles. The standard InChI is InChI=1S/C17H21N3O3S/c1-20(2)13(15-8-5-9-24-15)10-19-17(22)12-6-3-4-7-14(12)23-11-16(18)21/h3-9,13H,10-11H2,1-2H3,(H2,18,21)(H,19,22)/t13-/m1/s1. The van der Waals surface area contributed by atoms with Crippen molar-refractivity contribution in [1.82, 2.24) is 10.2 Å². The summed E-state index contributed by atoms with van der Waals surface area (Å²) < 4.78 is 5.30. The predicted molar refractivity (Wildman–Crippen MR) is 94.2 cm³/mol. The molecule has 0 fully saturated rings. The Bertz CT molecular complexity index is 686. The fourth-order valence-electron chi connectivity index (χ4n) is 2.23. The number of thiophene rings is 1. The summed E-state index contributed by atoms with van der Waals surface area (Å²) in [6.07, 6.45) is 0. The van der Waals surface area contributed by atoms with Crippen LogP contribution in [0.1, 0.15) is 21.3 Å². The van der Waals surface area contributed by atoms with Gasteiger partial charge >= 0.3 is 0 Å². The second-order valence-electron chi connectivity index (χ2n) is 5.46. The smallest absolute Gasteiger partial charge is 0.255 e. The molecule has 0 bridgehead atoms. The average molecular weight is 347 g/mol. The topological polar surface area (TPSA) is 84.7 Å². The van der Waals surface area contributed by atoms with Crippen molar-refractivity contribution in [3.05, 3.63) is 52.2 Å². The zero-order valence-corrected chi connectivity index (χ0v) is 14.5. The number of likely N-dealkylation sites (N-methyl/N-ethyl adjacent to an activating group) is 1. The number of benzene rings is 1. The number of hydrogen-bond acceptors (Lipinski definition) is 5. The first kappa shape index (κ1) is 18.0. The molecule has 128 valence electrons. The molecule has 0 aliphatic rings. The third-order valence-electron chi connectivity index (χ3n) is 3.45. The molecule has 6 nitrogen and oxygen atoms in total. The Labute approximate surface area is 145 Å². The van der Waals surface area contributed by atoms with Crippen molar-refractivity contribution in [2.75, 3.05) is 27.2 Å². The number of nitrogens with one attached hydrogen (secondary N) is 1. The molecule has 2 amide bonds. The minimum atomic E-state index is -0.587. The van der Waals surface area contributed by atoms with Gasteiger partial charge in [-0.25, -0.2) is 0 Å². The number of hydrogen-bond donors (Lipinski definition) is 2. The first-order chi connectivity index (χ1) is 11.5. The van der Waals surface area contributed by atoms with E-state index < -0.39 is 5.91 Å². The summed E-state index contributed by atoms with van der Waals surface area (Å²) in [7, 11) is 3.95. The molecular weight excluding hydrogens is 326 g/mol. The number of nitrogens with zero attached hydrogens (tertiary/aromatic N) is 1. The number of carbonyl (C=O) groups excluding carboxylic acids is 2. The average Bonchev–Trinajstić information content (AvgIpc) is 3.07. The number of carbonyl (C=O) groups is 2. The van der Waals surface area contributed by atoms with Gasteiger partial charge in [0.05, 0.1) is 11.6 Å². The number of nitrogens with two attached hydrogens (primary N) is 1. The van der Waals surface area contributed by atoms with Crippen LogP contribution in [0.4, 0.5) is 0 Å². The van der Waals surface area contributed by atoms with E-state index in [0.29, 0.717) is 17.9 Å². The van der Waals surface area contributed by atoms with E-state index in [0.717, 1.165) is 0 Å². The first-order valence-corrected chi connectivity index (χ1v) is 8.35. The Balaban J connectivity index is 2.05. The molecule has 1 heterocycles. The van der Waals surface area contributed by atoms with Crippen LogP contribution in [0.2, 0.25) is 0 Å². The first-order valence-electron chi connectivity index (χ1n) is 7.47. The van der Waals surface area contributed by atoms with Crippen LogP contribution in [0.25, 0.3) is 0 Å². The summed E-state index contributed by atoms with van der Waals surface area (Å²) in [5, 5.41) is 4.94. The molecule has 0 saturated carbocycles. The Morgan fingerprint density at radius 3 is 2.62 bits per heavy atom. The third kappa shape index (κ3) is 4.81. The van der Waals surface area contributed by atoms with E-state index in [1.165, 1.54) is 4.88 Å². The van der Waals surface area contributed by atoms with Crippen molar-refractivity contribution in [1.29, 1.82) is 0 Å². The molecule has 0 aliphatic carbocycles. The van der Waals surface area contributed by atoms with Crippen LogP contribution in [0.5, 0.6) is 5.75 Å². The molecule has 0 spiro atoms. The molecular formula is C17H21N3O3S. The van der Waals surface area contributed by atoms with Crippen molar-refractivity contribution in [2.45, 2.75) is 6.04 Å². The number of primary amides is 1. The van der Waals surface area contributed by atoms with Gasteiger partial charge in [0.15, 0.2) is 6.61 Å². The highest BCUT2D eigenvalue weighted by Gasteiger charge is 2.18. The lowest BCUT2D eigenvalue weighted by Gasteiger charge is -2.23. The summed E-state index contributed by atoms with van der Waals surface area (Å²) in [5.41, 5.74) is 5.46. The van der Waals surface area contributed by atoms with Crippen molar-refractivity contribution in [2.24, 2.45) is 5.73 Å². The molecule has 1 atom stereocenters. The molecule has 0 aliphatic heterocycles. The minimum absolute atomic E-state index is 0.0904. The summed E-state index contributed by atoms with van der Waals surface area (Å²) in [6.45, 7) is 0.205. The van der Waals surface area contributed by atoms with E-state index in [2.05, 4.69) is 10.2 Å². The SMILES string of the molecule is CN(C)[C@H](CNC(=O)c1ccccc1OCC(N)=O)c1cccs1. The highest BCUT2D eigenvalue weighted by molar-refractivity contribution is 7.10. The van der Waals surface area contributed by atoms with Crippen LogP contribution >= 0.6 is 11.3 Å². The second-order valence-corrected chi connectivity index (χ2v) is 6.44. The number of para-hydroxylation sites is 1. The van der Waals surface area contributed by atoms with Crippen molar-refractivity contribution in [3.8, 4) is 5.75 Å². The van der Waals surface area contributed by atoms with E-state index in [-0.39, 0.29) is 18.6 Å². The second kappa shape index (κ2) is 8.47. The Hall–Kier alpha value is -2.38. The van der Waals surface area contributed by atoms with Crippen LogP contribution in [-0.4, -0.2) is 44.0 Å². The summed E-state index contributed by atoms with van der Waals surface area (Å²) >= 11 is 1.65. The fraction of sp³-hybridized carbons (Fsp3) is 0.294. The molecule has 0 radical (unpaired) electrons. The highest BCUT2D eigenvalue weighted by Crippen LogP contribution is 2.23. The van der Waals surface area contributed by atoms with E-state index in [4.69, 9.17) is 10.5 Å². The van der Waals surface area contributed by atoms with Gasteiger partial charge in [-0.1, -0.05) is 18.2 Å². The lowest BCUT2D eigenvalue weighted by Crippen LogP contribution is -2.34. The van der Waals surface area contributed by atoms with Gasteiger partial charge in [-0.2, -0.15) is 0 Å². The third-order valence-corrected chi connectivity index (χ3v) is 4.43. The lowest BCUT2D eigenvalue weighted by atomic mass is 10.1. The predicted octanol–water partition coefficient (Wildman–Crippen LogP) is 1.64. The molecule has 7 heteroatoms. The van der Waals surface area contributed by atoms with Gasteiger partial charge in [0.25, 0.3) is 11.8 Å². The summed E-state index contributed by atoms with van der Waals surface area (Å²) in [5.74, 6) is -0.500. The maximum absolute atomic E-state index is 12.5. The van der Waals surface area contributed by atoms with Crippen molar-refractivity contribution < 1.29 is 14.3 Å². The van der Waals surface area contributed by atoms with E-state index >= 15 is 0 Å². The van der Waals surface area contributed by atoms with Crippen LogP contribution in [0.3, 0.4) is 0 Å². The van der Waals surface area contributed by atoms with Crippen LogP contribution in [-0.2, 0) is 4.79 Å². The molecule has 24 heavy (non-hydrogen) atoms. The van der Waals surface area contributed by atoms with Gasteiger partial charge in [-0.3, -0.25) is 9.59 Å². The molecule has 2 aromatic rings. The van der Waals surface area contributed by atoms with E-state index in [1.54, 1.807) is 35.6 Å². The van der Waals surface area contributed by atoms with Crippen molar-refractivity contribution >= 4 is 23.2 Å². The van der Waals surface area contributed by atoms with E-state index in [9.17, 15) is 9.59 Å². The Morgan fingerprint density at radius 2 is 2.00 bits per heavy atom. The van der Waals surface area contributed by atoms with E-state index in [1.807, 2.05) is 31.6 Å². The number of rotatable bonds is 8. The maximum atomic E-state index is 12.5. The molecule has 2 rings (SSSR count). The summed E-state index contributed by atoms with van der Waals surface area (Å²) in [6, 6.07) is 10.9. The van der Waals surface area contributed by atoms with Crippen LogP contribution in [0, 0.1) is 0 Å². The fourth-order valence-corrected chi connectivity index (χ4v) is 3.15. The zero-order chi connectivity index (χ0) is 17.5. The van der Waals surface area contributed by atoms with Gasteiger partial charge in [0, 0.05) is 11.4 Å². The maximum Gasteiger partial charge on any atom is 0.255 e. The van der Waals surface area contributed by atoms with Gasteiger partial charge < -0.3 is 20.7 Å². The normalized spacial score (nSPS) is 12.0. The molecule has 0 unspecified atom stereocenters. The van der Waals surface area contributed by atoms with Crippen molar-refractivity contribution in [3.63, 3.8) is 0 Å². The highest BCUT2D eigenvalue weighted by atomic mass is 32.1. The lowest BCUT2D eigenvalue weighted by molar-refractivity contribution is -0.119. The number of amides is 2. The monoisotopic (exact) mass is 347 g/mol. The van der Waals surface area contributed by atoms with Gasteiger partial charge in [0.2, 0.25) is 0 Å². The summed E-state index contributed by atoms with van der Waals surface area (Å²) in [4.78, 5) is 26.6. The quantitative estimate of drug-likeness (QED) is 0.760. The van der Waals surface area contributed by atoms with Crippen LogP contribution in [0.15, 0.2) is 41.8 Å². The number of ether oxygens (including phenoxy) is 1. The molecule has 3 N–H and O–H groups in total.